The van der Waals surface area contributed by atoms with Gasteiger partial charge in [-0.25, -0.2) is 4.79 Å². The van der Waals surface area contributed by atoms with Crippen LogP contribution in [-0.2, 0) is 9.59 Å². The largest absolute Gasteiger partial charge is 0.480 e. The molecule has 5 nitrogen and oxygen atoms in total. The molecule has 1 heterocycles. The third-order valence-electron chi connectivity index (χ3n) is 3.59. The van der Waals surface area contributed by atoms with Gasteiger partial charge in [0.25, 0.3) is 0 Å². The van der Waals surface area contributed by atoms with Crippen LogP contribution in [0.1, 0.15) is 25.7 Å². The fraction of sp³-hybridized carbons (Fsp3) is 0.818. The maximum absolute atomic E-state index is 12.3. The first-order valence-electron chi connectivity index (χ1n) is 5.98. The Morgan fingerprint density at radius 3 is 2.65 bits per heavy atom. The van der Waals surface area contributed by atoms with Crippen LogP contribution in [0.3, 0.4) is 0 Å². The lowest BCUT2D eigenvalue weighted by Gasteiger charge is -2.32. The Morgan fingerprint density at radius 2 is 2.00 bits per heavy atom. The van der Waals surface area contributed by atoms with Gasteiger partial charge in [-0.15, -0.1) is 11.8 Å². The lowest BCUT2D eigenvalue weighted by atomic mass is 9.84. The highest BCUT2D eigenvalue weighted by atomic mass is 32.2. The summed E-state index contributed by atoms with van der Waals surface area (Å²) >= 11 is 1.50. The van der Waals surface area contributed by atoms with E-state index >= 15 is 0 Å². The Balaban J connectivity index is 2.05. The average molecular weight is 258 g/mol. The Hall–Kier alpha value is -0.750. The molecule has 2 rings (SSSR count). The summed E-state index contributed by atoms with van der Waals surface area (Å²) < 4.78 is 0. The number of carboxylic acids is 1. The van der Waals surface area contributed by atoms with Crippen molar-refractivity contribution in [3.8, 4) is 0 Å². The summed E-state index contributed by atoms with van der Waals surface area (Å²) in [6.45, 7) is 0. The predicted octanol–water partition coefficient (Wildman–Crippen LogP) is 0.490. The molecule has 2 aliphatic rings. The lowest BCUT2D eigenvalue weighted by Crippen LogP contribution is -2.49. The Morgan fingerprint density at radius 1 is 1.29 bits per heavy atom. The molecule has 1 saturated carbocycles. The summed E-state index contributed by atoms with van der Waals surface area (Å²) in [6, 6.07) is -0.766. The first-order chi connectivity index (χ1) is 8.11. The Labute approximate surface area is 105 Å². The van der Waals surface area contributed by atoms with Crippen molar-refractivity contribution >= 4 is 23.6 Å². The van der Waals surface area contributed by atoms with Crippen molar-refractivity contribution in [3.05, 3.63) is 0 Å². The van der Waals surface area contributed by atoms with E-state index in [1.165, 1.54) is 16.7 Å². The van der Waals surface area contributed by atoms with Crippen LogP contribution < -0.4 is 5.73 Å². The molecule has 0 aromatic rings. The van der Waals surface area contributed by atoms with E-state index in [0.717, 1.165) is 25.7 Å². The number of hydrogen-bond donors (Lipinski definition) is 2. The maximum Gasteiger partial charge on any atom is 0.327 e. The Bertz CT molecular complexity index is 324. The minimum atomic E-state index is -0.910. The third kappa shape index (κ3) is 2.57. The van der Waals surface area contributed by atoms with Crippen molar-refractivity contribution in [3.63, 3.8) is 0 Å². The van der Waals surface area contributed by atoms with Crippen LogP contribution in [0.15, 0.2) is 0 Å². The highest BCUT2D eigenvalue weighted by molar-refractivity contribution is 7.99. The van der Waals surface area contributed by atoms with Gasteiger partial charge in [-0.3, -0.25) is 4.79 Å². The summed E-state index contributed by atoms with van der Waals surface area (Å²) in [5.41, 5.74) is 5.97. The second-order valence-corrected chi connectivity index (χ2v) is 5.72. The zero-order valence-corrected chi connectivity index (χ0v) is 10.5. The van der Waals surface area contributed by atoms with Gasteiger partial charge in [0.2, 0.25) is 5.91 Å². The molecule has 0 spiro atoms. The number of thioether (sulfide) groups is 1. The van der Waals surface area contributed by atoms with E-state index in [2.05, 4.69) is 0 Å². The molecule has 1 aliphatic heterocycles. The molecule has 1 aliphatic carbocycles. The minimum Gasteiger partial charge on any atom is -0.480 e. The number of rotatable bonds is 2. The van der Waals surface area contributed by atoms with Gasteiger partial charge in [0.05, 0.1) is 11.8 Å². The van der Waals surface area contributed by atoms with Crippen LogP contribution in [0, 0.1) is 5.92 Å². The van der Waals surface area contributed by atoms with E-state index in [4.69, 9.17) is 10.8 Å². The second kappa shape index (κ2) is 5.27. The van der Waals surface area contributed by atoms with Gasteiger partial charge >= 0.3 is 5.97 Å². The number of nitrogens with zero attached hydrogens (tertiary/aromatic N) is 1. The Kier molecular flexibility index (Phi) is 3.93. The molecule has 3 atom stereocenters. The van der Waals surface area contributed by atoms with Crippen molar-refractivity contribution in [2.75, 3.05) is 11.6 Å². The molecule has 0 bridgehead atoms. The molecular weight excluding hydrogens is 240 g/mol. The van der Waals surface area contributed by atoms with Gasteiger partial charge in [-0.05, 0) is 12.8 Å². The molecule has 17 heavy (non-hydrogen) atoms. The number of carboxylic acid groups (broad SMARTS) is 1. The summed E-state index contributed by atoms with van der Waals surface area (Å²) in [7, 11) is 0. The zero-order chi connectivity index (χ0) is 12.4. The van der Waals surface area contributed by atoms with Gasteiger partial charge < -0.3 is 15.7 Å². The number of aliphatic carboxylic acids is 1. The van der Waals surface area contributed by atoms with Crippen LogP contribution in [0.25, 0.3) is 0 Å². The van der Waals surface area contributed by atoms with Gasteiger partial charge in [0.15, 0.2) is 0 Å². The number of nitrogens with two attached hydrogens (primary N) is 1. The number of hydrogen-bond acceptors (Lipinski definition) is 4. The van der Waals surface area contributed by atoms with Crippen LogP contribution in [0.4, 0.5) is 0 Å². The van der Waals surface area contributed by atoms with Gasteiger partial charge in [-0.1, -0.05) is 12.8 Å². The number of amides is 1. The smallest absolute Gasteiger partial charge is 0.327 e. The second-order valence-electron chi connectivity index (χ2n) is 4.72. The topological polar surface area (TPSA) is 83.6 Å². The van der Waals surface area contributed by atoms with Crippen LogP contribution in [0.2, 0.25) is 0 Å². The summed E-state index contributed by atoms with van der Waals surface area (Å²) in [5.74, 6) is -0.172. The van der Waals surface area contributed by atoms with E-state index in [0.29, 0.717) is 11.6 Å². The first kappa shape index (κ1) is 12.7. The minimum absolute atomic E-state index is 0.0606. The molecule has 0 radical (unpaired) electrons. The van der Waals surface area contributed by atoms with Crippen LogP contribution >= 0.6 is 11.8 Å². The summed E-state index contributed by atoms with van der Waals surface area (Å²) in [5, 5.41) is 9.06. The van der Waals surface area contributed by atoms with E-state index in [1.807, 2.05) is 0 Å². The van der Waals surface area contributed by atoms with Gasteiger partial charge in [-0.2, -0.15) is 0 Å². The maximum atomic E-state index is 12.3. The molecular formula is C11H18N2O3S. The normalized spacial score (nSPS) is 33.7. The molecule has 0 aromatic heterocycles. The van der Waals surface area contributed by atoms with E-state index in [1.54, 1.807) is 0 Å². The van der Waals surface area contributed by atoms with Crippen molar-refractivity contribution in [2.45, 2.75) is 37.8 Å². The highest BCUT2D eigenvalue weighted by Crippen LogP contribution is 2.29. The molecule has 96 valence electrons. The fourth-order valence-electron chi connectivity index (χ4n) is 2.54. The van der Waals surface area contributed by atoms with Crippen molar-refractivity contribution < 1.29 is 14.7 Å². The quantitative estimate of drug-likeness (QED) is 0.753. The average Bonchev–Trinajstić information content (AvgIpc) is 2.77. The van der Waals surface area contributed by atoms with Crippen molar-refractivity contribution in [1.82, 2.24) is 4.90 Å². The molecule has 6 heteroatoms. The lowest BCUT2D eigenvalue weighted by molar-refractivity contribution is -0.150. The van der Waals surface area contributed by atoms with Crippen LogP contribution in [0.5, 0.6) is 0 Å². The molecule has 1 saturated heterocycles. The van der Waals surface area contributed by atoms with Gasteiger partial charge in [0.1, 0.15) is 6.04 Å². The fourth-order valence-corrected chi connectivity index (χ4v) is 3.70. The standard InChI is InChI=1S/C11H18N2O3S/c12-8-4-2-1-3-7(8)10(14)13-6-17-5-9(13)11(15)16/h7-9H,1-6,12H2,(H,15,16). The summed E-state index contributed by atoms with van der Waals surface area (Å²) in [4.78, 5) is 24.8. The van der Waals surface area contributed by atoms with Crippen LogP contribution in [-0.4, -0.2) is 45.6 Å². The van der Waals surface area contributed by atoms with E-state index in [-0.39, 0.29) is 17.9 Å². The summed E-state index contributed by atoms with van der Waals surface area (Å²) in [6.07, 6.45) is 3.76. The third-order valence-corrected chi connectivity index (χ3v) is 4.60. The van der Waals surface area contributed by atoms with E-state index < -0.39 is 12.0 Å². The highest BCUT2D eigenvalue weighted by Gasteiger charge is 2.39. The molecule has 0 aromatic carbocycles. The first-order valence-corrected chi connectivity index (χ1v) is 7.13. The molecule has 1 amide bonds. The van der Waals surface area contributed by atoms with Gasteiger partial charge in [0, 0.05) is 11.8 Å². The molecule has 2 fully saturated rings. The SMILES string of the molecule is NC1CCCCC1C(=O)N1CSCC1C(=O)O. The monoisotopic (exact) mass is 258 g/mol. The number of carbonyl (C=O) groups is 2. The van der Waals surface area contributed by atoms with Crippen molar-refractivity contribution in [2.24, 2.45) is 11.7 Å². The molecule has 3 unspecified atom stereocenters. The molecule has 3 N–H and O–H groups in total. The van der Waals surface area contributed by atoms with E-state index in [9.17, 15) is 9.59 Å². The van der Waals surface area contributed by atoms with Crippen molar-refractivity contribution in [1.29, 1.82) is 0 Å². The number of carbonyl (C=O) groups excluding carboxylic acids is 1. The zero-order valence-electron chi connectivity index (χ0n) is 9.67. The predicted molar refractivity (Wildman–Crippen MR) is 65.5 cm³/mol.